The third kappa shape index (κ3) is 7.37. The van der Waals surface area contributed by atoms with Gasteiger partial charge in [0.25, 0.3) is 17.5 Å². The predicted molar refractivity (Wildman–Crippen MR) is 131 cm³/mol. The van der Waals surface area contributed by atoms with Crippen LogP contribution in [0.4, 0.5) is 17.1 Å². The van der Waals surface area contributed by atoms with Crippen molar-refractivity contribution in [2.75, 3.05) is 23.8 Å². The first-order valence-corrected chi connectivity index (χ1v) is 11.0. The fourth-order valence-corrected chi connectivity index (χ4v) is 3.19. The van der Waals surface area contributed by atoms with Crippen LogP contribution in [0, 0.1) is 17.0 Å². The van der Waals surface area contributed by atoms with Crippen LogP contribution < -0.4 is 15.4 Å². The minimum atomic E-state index is -0.834. The highest BCUT2D eigenvalue weighted by atomic mass is 79.9. The van der Waals surface area contributed by atoms with Gasteiger partial charge in [-0.1, -0.05) is 34.1 Å². The van der Waals surface area contributed by atoms with Crippen molar-refractivity contribution < 1.29 is 28.8 Å². The number of nitrogens with zero attached hydrogens (tertiary/aromatic N) is 1. The highest BCUT2D eigenvalue weighted by molar-refractivity contribution is 9.10. The first-order valence-electron chi connectivity index (χ1n) is 10.2. The number of carbonyl (C=O) groups excluding carboxylic acids is 3. The fraction of sp³-hybridized carbons (Fsp3) is 0.125. The molecular weight excluding hydrogens is 522 g/mol. The van der Waals surface area contributed by atoms with Crippen LogP contribution in [0.15, 0.2) is 71.2 Å². The molecule has 2 N–H and O–H groups in total. The third-order valence-corrected chi connectivity index (χ3v) is 5.15. The number of aryl methyl sites for hydroxylation is 1. The van der Waals surface area contributed by atoms with Gasteiger partial charge >= 0.3 is 5.97 Å². The van der Waals surface area contributed by atoms with E-state index in [0.717, 1.165) is 4.47 Å². The smallest absolute Gasteiger partial charge is 0.342 e. The van der Waals surface area contributed by atoms with Gasteiger partial charge in [0, 0.05) is 27.5 Å². The standard InChI is InChI=1S/C24H20BrN3O7/c1-15-6-9-18(12-20(15)28(32)33)27-23(30)14-35-24(31)19-4-2-3-5-21(19)34-13-22(29)26-17-10-7-16(25)8-11-17/h2-12H,13-14H2,1H3,(H,26,29)(H,27,30). The largest absolute Gasteiger partial charge is 0.483 e. The minimum absolute atomic E-state index is 0.0303. The molecule has 2 amide bonds. The topological polar surface area (TPSA) is 137 Å². The number of halogens is 1. The Morgan fingerprint density at radius 1 is 0.914 bits per heavy atom. The molecule has 0 saturated carbocycles. The molecule has 0 fully saturated rings. The molecule has 0 bridgehead atoms. The number of nitro benzene ring substituents is 1. The second kappa shape index (κ2) is 11.7. The van der Waals surface area contributed by atoms with Gasteiger partial charge in [-0.25, -0.2) is 4.79 Å². The molecule has 3 aromatic carbocycles. The normalized spacial score (nSPS) is 10.2. The Hall–Kier alpha value is -4.25. The zero-order valence-electron chi connectivity index (χ0n) is 18.4. The van der Waals surface area contributed by atoms with Crippen molar-refractivity contribution in [2.45, 2.75) is 6.92 Å². The zero-order valence-corrected chi connectivity index (χ0v) is 20.0. The zero-order chi connectivity index (χ0) is 25.4. The third-order valence-electron chi connectivity index (χ3n) is 4.62. The number of carbonyl (C=O) groups is 3. The first kappa shape index (κ1) is 25.4. The SMILES string of the molecule is Cc1ccc(NC(=O)COC(=O)c2ccccc2OCC(=O)Nc2ccc(Br)cc2)cc1[N+](=O)[O-]. The van der Waals surface area contributed by atoms with Crippen molar-refractivity contribution in [3.05, 3.63) is 92.4 Å². The minimum Gasteiger partial charge on any atom is -0.483 e. The second-order valence-electron chi connectivity index (χ2n) is 7.22. The van der Waals surface area contributed by atoms with Gasteiger partial charge in [0.15, 0.2) is 13.2 Å². The number of nitrogens with one attached hydrogen (secondary N) is 2. The lowest BCUT2D eigenvalue weighted by Gasteiger charge is -2.12. The number of anilines is 2. The van der Waals surface area contributed by atoms with Crippen molar-refractivity contribution >= 4 is 50.8 Å². The Morgan fingerprint density at radius 2 is 1.54 bits per heavy atom. The summed E-state index contributed by atoms with van der Waals surface area (Å²) in [5.41, 5.74) is 1.11. The van der Waals surface area contributed by atoms with E-state index in [2.05, 4.69) is 26.6 Å². The Bertz CT molecular complexity index is 1260. The van der Waals surface area contributed by atoms with Gasteiger partial charge in [-0.3, -0.25) is 19.7 Å². The number of ether oxygens (including phenoxy) is 2. The molecule has 3 rings (SSSR count). The van der Waals surface area contributed by atoms with Crippen LogP contribution in [0.2, 0.25) is 0 Å². The van der Waals surface area contributed by atoms with Gasteiger partial charge in [-0.2, -0.15) is 0 Å². The summed E-state index contributed by atoms with van der Waals surface area (Å²) in [5, 5.41) is 16.2. The Morgan fingerprint density at radius 3 is 2.26 bits per heavy atom. The number of amides is 2. The molecule has 0 saturated heterocycles. The van der Waals surface area contributed by atoms with E-state index in [1.807, 2.05) is 0 Å². The number of hydrogen-bond donors (Lipinski definition) is 2. The summed E-state index contributed by atoms with van der Waals surface area (Å²) in [5.74, 6) is -1.83. The van der Waals surface area contributed by atoms with Gasteiger partial charge in [-0.15, -0.1) is 0 Å². The maximum absolute atomic E-state index is 12.5. The van der Waals surface area contributed by atoms with Crippen LogP contribution >= 0.6 is 15.9 Å². The molecule has 0 aliphatic heterocycles. The molecule has 11 heteroatoms. The Kier molecular flexibility index (Phi) is 8.52. The van der Waals surface area contributed by atoms with Crippen LogP contribution in [0.5, 0.6) is 5.75 Å². The van der Waals surface area contributed by atoms with E-state index in [9.17, 15) is 24.5 Å². The Balaban J connectivity index is 1.55. The highest BCUT2D eigenvalue weighted by Crippen LogP contribution is 2.23. The van der Waals surface area contributed by atoms with Crippen molar-refractivity contribution in [2.24, 2.45) is 0 Å². The molecule has 35 heavy (non-hydrogen) atoms. The van der Waals surface area contributed by atoms with Crippen molar-refractivity contribution in [3.8, 4) is 5.75 Å². The van der Waals surface area contributed by atoms with Crippen LogP contribution in [0.1, 0.15) is 15.9 Å². The molecule has 0 aliphatic rings. The maximum atomic E-state index is 12.5. The van der Waals surface area contributed by atoms with Crippen LogP contribution in [0.3, 0.4) is 0 Å². The van der Waals surface area contributed by atoms with Crippen molar-refractivity contribution in [3.63, 3.8) is 0 Å². The Labute approximate surface area is 208 Å². The second-order valence-corrected chi connectivity index (χ2v) is 8.14. The van der Waals surface area contributed by atoms with E-state index in [1.54, 1.807) is 43.3 Å². The van der Waals surface area contributed by atoms with Crippen molar-refractivity contribution in [1.29, 1.82) is 0 Å². The average molecular weight is 542 g/mol. The molecule has 0 atom stereocenters. The van der Waals surface area contributed by atoms with Gasteiger partial charge in [0.1, 0.15) is 11.3 Å². The molecule has 10 nitrogen and oxygen atoms in total. The van der Waals surface area contributed by atoms with E-state index >= 15 is 0 Å². The predicted octanol–water partition coefficient (Wildman–Crippen LogP) is 4.48. The van der Waals surface area contributed by atoms with Gasteiger partial charge in [-0.05, 0) is 49.4 Å². The molecule has 0 aliphatic carbocycles. The van der Waals surface area contributed by atoms with E-state index in [1.165, 1.54) is 30.3 Å². The molecule has 0 unspecified atom stereocenters. The average Bonchev–Trinajstić information content (AvgIpc) is 2.84. The molecule has 180 valence electrons. The number of benzene rings is 3. The van der Waals surface area contributed by atoms with Crippen LogP contribution in [-0.4, -0.2) is 35.9 Å². The monoisotopic (exact) mass is 541 g/mol. The molecule has 0 radical (unpaired) electrons. The molecule has 3 aromatic rings. The molecule has 0 spiro atoms. The summed E-state index contributed by atoms with van der Waals surface area (Å²) in [4.78, 5) is 47.3. The van der Waals surface area contributed by atoms with Gasteiger partial charge < -0.3 is 20.1 Å². The maximum Gasteiger partial charge on any atom is 0.342 e. The summed E-state index contributed by atoms with van der Waals surface area (Å²) in [6.07, 6.45) is 0. The van der Waals surface area contributed by atoms with E-state index in [4.69, 9.17) is 9.47 Å². The fourth-order valence-electron chi connectivity index (χ4n) is 2.92. The van der Waals surface area contributed by atoms with E-state index in [-0.39, 0.29) is 29.3 Å². The summed E-state index contributed by atoms with van der Waals surface area (Å²) >= 11 is 3.31. The summed E-state index contributed by atoms with van der Waals surface area (Å²) in [7, 11) is 0. The number of esters is 1. The summed E-state index contributed by atoms with van der Waals surface area (Å²) in [6.45, 7) is 0.599. The highest BCUT2D eigenvalue weighted by Gasteiger charge is 2.17. The molecular formula is C24H20BrN3O7. The van der Waals surface area contributed by atoms with Crippen LogP contribution in [0.25, 0.3) is 0 Å². The lowest BCUT2D eigenvalue weighted by molar-refractivity contribution is -0.385. The first-order chi connectivity index (χ1) is 16.7. The van der Waals surface area contributed by atoms with Gasteiger partial charge in [0.2, 0.25) is 0 Å². The summed E-state index contributed by atoms with van der Waals surface area (Å²) in [6, 6.07) is 17.3. The van der Waals surface area contributed by atoms with Crippen molar-refractivity contribution in [1.82, 2.24) is 0 Å². The van der Waals surface area contributed by atoms with E-state index in [0.29, 0.717) is 11.3 Å². The van der Waals surface area contributed by atoms with Gasteiger partial charge in [0.05, 0.1) is 4.92 Å². The quantitative estimate of drug-likeness (QED) is 0.231. The van der Waals surface area contributed by atoms with Crippen LogP contribution in [-0.2, 0) is 14.3 Å². The lowest BCUT2D eigenvalue weighted by atomic mass is 10.2. The van der Waals surface area contributed by atoms with E-state index < -0.39 is 29.3 Å². The number of nitro groups is 1. The number of hydrogen-bond acceptors (Lipinski definition) is 7. The molecule has 0 heterocycles. The summed E-state index contributed by atoms with van der Waals surface area (Å²) < 4.78 is 11.4. The number of para-hydroxylation sites is 1. The lowest BCUT2D eigenvalue weighted by Crippen LogP contribution is -2.22. The molecule has 0 aromatic heterocycles. The number of rotatable bonds is 9.